The van der Waals surface area contributed by atoms with E-state index < -0.39 is 0 Å². The van der Waals surface area contributed by atoms with Gasteiger partial charge in [0.25, 0.3) is 0 Å². The maximum Gasteiger partial charge on any atom is 0.131 e. The van der Waals surface area contributed by atoms with Gasteiger partial charge in [0.05, 0.1) is 17.7 Å². The average Bonchev–Trinajstić information content (AvgIpc) is 2.77. The van der Waals surface area contributed by atoms with Crippen molar-refractivity contribution in [2.24, 2.45) is 0 Å². The van der Waals surface area contributed by atoms with Crippen LogP contribution in [0.2, 0.25) is 5.02 Å². The maximum absolute atomic E-state index is 6.35. The van der Waals surface area contributed by atoms with Crippen LogP contribution in [-0.4, -0.2) is 16.7 Å². The molecule has 0 fully saturated rings. The molecule has 0 aliphatic rings. The fraction of sp³-hybridized carbons (Fsp3) is 0.438. The second kappa shape index (κ2) is 6.39. The summed E-state index contributed by atoms with van der Waals surface area (Å²) in [6, 6.07) is 5.55. The molecule has 0 spiro atoms. The van der Waals surface area contributed by atoms with E-state index in [0.29, 0.717) is 28.2 Å². The van der Waals surface area contributed by atoms with Gasteiger partial charge in [0.15, 0.2) is 0 Å². The molecule has 0 bridgehead atoms. The van der Waals surface area contributed by atoms with Gasteiger partial charge in [0.1, 0.15) is 23.1 Å². The Morgan fingerprint density at radius 2 is 2.10 bits per heavy atom. The van der Waals surface area contributed by atoms with E-state index in [1.165, 1.54) is 0 Å². The highest BCUT2D eigenvalue weighted by molar-refractivity contribution is 6.33. The zero-order valence-electron chi connectivity index (χ0n) is 13.0. The summed E-state index contributed by atoms with van der Waals surface area (Å²) >= 11 is 6.35. The number of nitrogens with two attached hydrogens (primary N) is 1. The minimum Gasteiger partial charge on any atom is -0.496 e. The number of imidazole rings is 1. The first-order valence-electron chi connectivity index (χ1n) is 7.20. The van der Waals surface area contributed by atoms with E-state index in [0.717, 1.165) is 24.4 Å². The quantitative estimate of drug-likeness (QED) is 0.894. The van der Waals surface area contributed by atoms with Crippen LogP contribution in [0.25, 0.3) is 11.3 Å². The number of anilines is 1. The van der Waals surface area contributed by atoms with E-state index in [2.05, 4.69) is 25.3 Å². The van der Waals surface area contributed by atoms with Crippen LogP contribution in [0, 0.1) is 0 Å². The zero-order valence-corrected chi connectivity index (χ0v) is 13.7. The molecule has 0 saturated heterocycles. The topological polar surface area (TPSA) is 53.1 Å². The lowest BCUT2D eigenvalue weighted by Gasteiger charge is -2.11. The molecule has 0 saturated carbocycles. The molecule has 0 radical (unpaired) electrons. The Bertz CT molecular complexity index is 635. The Morgan fingerprint density at radius 3 is 2.67 bits per heavy atom. The van der Waals surface area contributed by atoms with E-state index in [-0.39, 0.29) is 0 Å². The average molecular weight is 308 g/mol. The van der Waals surface area contributed by atoms with Crippen molar-refractivity contribution >= 4 is 17.4 Å². The van der Waals surface area contributed by atoms with Gasteiger partial charge in [0.2, 0.25) is 0 Å². The third-order valence-electron chi connectivity index (χ3n) is 3.43. The summed E-state index contributed by atoms with van der Waals surface area (Å²) in [5.74, 6) is 2.60. The van der Waals surface area contributed by atoms with Crippen molar-refractivity contribution in [3.05, 3.63) is 29.0 Å². The van der Waals surface area contributed by atoms with E-state index in [4.69, 9.17) is 27.1 Å². The molecule has 2 aromatic rings. The molecule has 0 unspecified atom stereocenters. The first-order chi connectivity index (χ1) is 10.0. The van der Waals surface area contributed by atoms with Gasteiger partial charge in [-0.1, -0.05) is 38.4 Å². The first kappa shape index (κ1) is 15.7. The number of nitrogen functional groups attached to an aromatic ring is 1. The van der Waals surface area contributed by atoms with E-state index >= 15 is 0 Å². The molecular weight excluding hydrogens is 286 g/mol. The van der Waals surface area contributed by atoms with Crippen molar-refractivity contribution in [1.29, 1.82) is 0 Å². The number of ether oxygens (including phenoxy) is 1. The highest BCUT2D eigenvalue weighted by Crippen LogP contribution is 2.39. The summed E-state index contributed by atoms with van der Waals surface area (Å²) in [6.45, 7) is 7.20. The number of benzene rings is 1. The summed E-state index contributed by atoms with van der Waals surface area (Å²) in [5.41, 5.74) is 7.80. The van der Waals surface area contributed by atoms with Crippen LogP contribution in [0.15, 0.2) is 18.2 Å². The van der Waals surface area contributed by atoms with E-state index in [1.54, 1.807) is 7.11 Å². The van der Waals surface area contributed by atoms with Crippen molar-refractivity contribution in [3.63, 3.8) is 0 Å². The van der Waals surface area contributed by atoms with Gasteiger partial charge in [-0.05, 0) is 18.6 Å². The predicted octanol–water partition coefficient (Wildman–Crippen LogP) is 4.33. The molecule has 5 heteroatoms. The van der Waals surface area contributed by atoms with E-state index in [9.17, 15) is 0 Å². The summed E-state index contributed by atoms with van der Waals surface area (Å²) in [4.78, 5) is 4.74. The smallest absolute Gasteiger partial charge is 0.131 e. The van der Waals surface area contributed by atoms with E-state index in [1.807, 2.05) is 18.2 Å². The van der Waals surface area contributed by atoms with Crippen LogP contribution >= 0.6 is 11.6 Å². The normalized spacial score (nSPS) is 11.1. The fourth-order valence-corrected chi connectivity index (χ4v) is 2.73. The molecule has 2 N–H and O–H groups in total. The third-order valence-corrected chi connectivity index (χ3v) is 3.75. The van der Waals surface area contributed by atoms with Crippen molar-refractivity contribution in [1.82, 2.24) is 9.55 Å². The van der Waals surface area contributed by atoms with Crippen molar-refractivity contribution in [3.8, 4) is 17.0 Å². The van der Waals surface area contributed by atoms with Crippen molar-refractivity contribution in [2.75, 3.05) is 12.8 Å². The van der Waals surface area contributed by atoms with Gasteiger partial charge < -0.3 is 15.0 Å². The van der Waals surface area contributed by atoms with Gasteiger partial charge in [-0.25, -0.2) is 4.98 Å². The highest BCUT2D eigenvalue weighted by atomic mass is 35.5. The second-order valence-corrected chi connectivity index (χ2v) is 5.73. The number of hydrogen-bond acceptors (Lipinski definition) is 3. The maximum atomic E-state index is 6.35. The number of hydrogen-bond donors (Lipinski definition) is 1. The summed E-state index contributed by atoms with van der Waals surface area (Å²) in [7, 11) is 1.62. The highest BCUT2D eigenvalue weighted by Gasteiger charge is 2.22. The summed E-state index contributed by atoms with van der Waals surface area (Å²) < 4.78 is 7.49. The molecule has 0 aliphatic carbocycles. The number of aromatic nitrogens is 2. The van der Waals surface area contributed by atoms with Crippen LogP contribution in [0.4, 0.5) is 5.82 Å². The minimum absolute atomic E-state index is 0.293. The molecule has 0 amide bonds. The summed E-state index contributed by atoms with van der Waals surface area (Å²) in [6.07, 6.45) is 0.999. The van der Waals surface area contributed by atoms with Crippen LogP contribution in [0.1, 0.15) is 38.9 Å². The molecule has 114 valence electrons. The number of nitrogens with zero attached hydrogens (tertiary/aromatic N) is 2. The lowest BCUT2D eigenvalue weighted by Crippen LogP contribution is -2.08. The minimum atomic E-state index is 0.293. The molecular formula is C16H22ClN3O. The van der Waals surface area contributed by atoms with Crippen LogP contribution < -0.4 is 10.5 Å². The Morgan fingerprint density at radius 1 is 1.38 bits per heavy atom. The fourth-order valence-electron chi connectivity index (χ4n) is 2.47. The number of halogens is 1. The Kier molecular flexibility index (Phi) is 4.78. The van der Waals surface area contributed by atoms with Crippen LogP contribution in [0.3, 0.4) is 0 Å². The summed E-state index contributed by atoms with van der Waals surface area (Å²) in [5, 5.41) is 0.595. The Labute approximate surface area is 130 Å². The molecule has 1 aromatic heterocycles. The van der Waals surface area contributed by atoms with Crippen LogP contribution in [0.5, 0.6) is 5.75 Å². The largest absolute Gasteiger partial charge is 0.496 e. The van der Waals surface area contributed by atoms with Gasteiger partial charge in [-0.3, -0.25) is 0 Å². The lowest BCUT2D eigenvalue weighted by molar-refractivity contribution is 0.416. The standard InChI is InChI=1S/C16H22ClN3O/c1-5-9-20-15(18)14(19-16(20)10(2)3)13-11(17)7-6-8-12(13)21-4/h6-8,10H,5,9,18H2,1-4H3. The SMILES string of the molecule is CCCn1c(C(C)C)nc(-c2c(Cl)cccc2OC)c1N. The van der Waals surface area contributed by atoms with Gasteiger partial charge in [-0.2, -0.15) is 0 Å². The molecule has 0 atom stereocenters. The zero-order chi connectivity index (χ0) is 15.6. The number of methoxy groups -OCH3 is 1. The van der Waals surface area contributed by atoms with Crippen LogP contribution in [-0.2, 0) is 6.54 Å². The molecule has 0 aliphatic heterocycles. The number of rotatable bonds is 5. The van der Waals surface area contributed by atoms with Gasteiger partial charge in [0, 0.05) is 12.5 Å². The van der Waals surface area contributed by atoms with Crippen molar-refractivity contribution in [2.45, 2.75) is 39.7 Å². The molecule has 2 rings (SSSR count). The Balaban J connectivity index is 2.68. The van der Waals surface area contributed by atoms with Crippen molar-refractivity contribution < 1.29 is 4.74 Å². The predicted molar refractivity (Wildman–Crippen MR) is 88.0 cm³/mol. The first-order valence-corrected chi connectivity index (χ1v) is 7.57. The monoisotopic (exact) mass is 307 g/mol. The molecule has 1 aromatic carbocycles. The second-order valence-electron chi connectivity index (χ2n) is 5.33. The molecule has 1 heterocycles. The Hall–Kier alpha value is -1.68. The lowest BCUT2D eigenvalue weighted by atomic mass is 10.1. The van der Waals surface area contributed by atoms with Gasteiger partial charge in [-0.15, -0.1) is 0 Å². The molecule has 21 heavy (non-hydrogen) atoms. The molecule has 4 nitrogen and oxygen atoms in total. The third kappa shape index (κ3) is 2.86. The van der Waals surface area contributed by atoms with Gasteiger partial charge >= 0.3 is 0 Å².